The number of aromatic nitrogens is 1. The molecule has 1 aromatic heterocycles. The molecule has 2 aromatic rings. The van der Waals surface area contributed by atoms with E-state index in [1.54, 1.807) is 24.3 Å². The number of nitrogens with two attached hydrogens (primary N) is 1. The molecule has 1 fully saturated rings. The average Bonchev–Trinajstić information content (AvgIpc) is 3.15. The fraction of sp³-hybridized carbons (Fsp3) is 0.389. The summed E-state index contributed by atoms with van der Waals surface area (Å²) in [5.74, 6) is -0.473. The first-order chi connectivity index (χ1) is 11.9. The van der Waals surface area contributed by atoms with Gasteiger partial charge in [0.05, 0.1) is 0 Å². The van der Waals surface area contributed by atoms with Crippen LogP contribution in [-0.4, -0.2) is 34.8 Å². The molecule has 7 heteroatoms. The molecule has 1 aliphatic heterocycles. The smallest absolute Gasteiger partial charge is 0.248 e. The summed E-state index contributed by atoms with van der Waals surface area (Å²) in [4.78, 5) is 30.0. The van der Waals surface area contributed by atoms with E-state index in [0.717, 1.165) is 29.2 Å². The number of carbonyl (C=O) groups is 2. The topological polar surface area (TPSA) is 88.3 Å². The fourth-order valence-electron chi connectivity index (χ4n) is 3.35. The quantitative estimate of drug-likeness (QED) is 0.853. The van der Waals surface area contributed by atoms with Crippen molar-refractivity contribution in [1.29, 1.82) is 0 Å². The first-order valence-corrected chi connectivity index (χ1v) is 9.08. The third-order valence-electron chi connectivity index (χ3n) is 4.41. The number of hydrogen-bond acceptors (Lipinski definition) is 5. The number of likely N-dealkylation sites (tertiary alicyclic amines) is 1. The lowest BCUT2D eigenvalue weighted by atomic mass is 9.99. The van der Waals surface area contributed by atoms with Gasteiger partial charge in [-0.25, -0.2) is 4.98 Å². The molecule has 2 heterocycles. The number of primary amides is 1. The van der Waals surface area contributed by atoms with Gasteiger partial charge in [0.1, 0.15) is 10.5 Å². The van der Waals surface area contributed by atoms with Gasteiger partial charge >= 0.3 is 0 Å². The highest BCUT2D eigenvalue weighted by Crippen LogP contribution is 2.34. The molecule has 3 N–H and O–H groups in total. The van der Waals surface area contributed by atoms with Crippen molar-refractivity contribution in [2.75, 3.05) is 13.1 Å². The third kappa shape index (κ3) is 3.88. The summed E-state index contributed by atoms with van der Waals surface area (Å²) in [7, 11) is 0. The van der Waals surface area contributed by atoms with Gasteiger partial charge in [0.2, 0.25) is 11.8 Å². The van der Waals surface area contributed by atoms with Gasteiger partial charge in [-0.05, 0) is 31.0 Å². The largest absolute Gasteiger partial charge is 0.366 e. The number of benzene rings is 1. The van der Waals surface area contributed by atoms with Crippen LogP contribution in [0, 0.1) is 6.92 Å². The van der Waals surface area contributed by atoms with Crippen LogP contribution >= 0.6 is 11.3 Å². The monoisotopic (exact) mass is 358 g/mol. The zero-order valence-corrected chi connectivity index (χ0v) is 15.2. The predicted octanol–water partition coefficient (Wildman–Crippen LogP) is 1.79. The van der Waals surface area contributed by atoms with Gasteiger partial charge in [0, 0.05) is 43.2 Å². The Kier molecular flexibility index (Phi) is 4.87. The summed E-state index contributed by atoms with van der Waals surface area (Å²) in [6.45, 7) is 5.75. The van der Waals surface area contributed by atoms with E-state index in [2.05, 4.69) is 15.2 Å². The normalized spacial score (nSPS) is 20.6. The average molecular weight is 358 g/mol. The van der Waals surface area contributed by atoms with E-state index in [1.165, 1.54) is 0 Å². The zero-order chi connectivity index (χ0) is 18.0. The van der Waals surface area contributed by atoms with Crippen LogP contribution in [-0.2, 0) is 16.9 Å². The van der Waals surface area contributed by atoms with E-state index >= 15 is 0 Å². The molecule has 1 atom stereocenters. The Labute approximate surface area is 151 Å². The maximum absolute atomic E-state index is 11.8. The number of thiazole rings is 1. The molecule has 0 saturated carbocycles. The van der Waals surface area contributed by atoms with E-state index in [-0.39, 0.29) is 5.91 Å². The van der Waals surface area contributed by atoms with Gasteiger partial charge in [-0.3, -0.25) is 14.5 Å². The van der Waals surface area contributed by atoms with Crippen LogP contribution in [0.3, 0.4) is 0 Å². The second kappa shape index (κ2) is 6.93. The molecule has 1 saturated heterocycles. The van der Waals surface area contributed by atoms with Crippen LogP contribution in [0.5, 0.6) is 0 Å². The van der Waals surface area contributed by atoms with Crippen LogP contribution in [0.15, 0.2) is 29.6 Å². The highest BCUT2D eigenvalue weighted by Gasteiger charge is 2.42. The Hall–Kier alpha value is -2.25. The standard InChI is InChI=1S/C18H22N4O2S/c1-12-10-25-17(20-12)18(21-13(2)23)6-7-22(11-18)9-14-4-3-5-15(8-14)16(19)24/h3-5,8,10H,6-7,9,11H2,1-2H3,(H2,19,24)(H,21,23). The second-order valence-electron chi connectivity index (χ2n) is 6.58. The molecule has 25 heavy (non-hydrogen) atoms. The molecule has 1 aliphatic rings. The maximum Gasteiger partial charge on any atom is 0.248 e. The second-order valence-corrected chi connectivity index (χ2v) is 7.44. The van der Waals surface area contributed by atoms with Crippen molar-refractivity contribution >= 4 is 23.2 Å². The molecule has 0 spiro atoms. The first-order valence-electron chi connectivity index (χ1n) is 8.20. The van der Waals surface area contributed by atoms with Crippen LogP contribution in [0.1, 0.15) is 40.0 Å². The van der Waals surface area contributed by atoms with Gasteiger partial charge in [0.15, 0.2) is 0 Å². The van der Waals surface area contributed by atoms with Crippen molar-refractivity contribution in [2.24, 2.45) is 5.73 Å². The molecule has 132 valence electrons. The van der Waals surface area contributed by atoms with Crippen molar-refractivity contribution in [2.45, 2.75) is 32.4 Å². The summed E-state index contributed by atoms with van der Waals surface area (Å²) in [5, 5.41) is 6.09. The summed E-state index contributed by atoms with van der Waals surface area (Å²) >= 11 is 1.59. The van der Waals surface area contributed by atoms with Gasteiger partial charge < -0.3 is 11.1 Å². The fourth-order valence-corrected chi connectivity index (χ4v) is 4.32. The number of nitrogens with zero attached hydrogens (tertiary/aromatic N) is 2. The number of amides is 2. The van der Waals surface area contributed by atoms with Gasteiger partial charge in [-0.1, -0.05) is 12.1 Å². The highest BCUT2D eigenvalue weighted by molar-refractivity contribution is 7.09. The third-order valence-corrected chi connectivity index (χ3v) is 5.57. The lowest BCUT2D eigenvalue weighted by molar-refractivity contribution is -0.120. The summed E-state index contributed by atoms with van der Waals surface area (Å²) in [6.07, 6.45) is 0.815. The maximum atomic E-state index is 11.8. The Morgan fingerprint density at radius 2 is 2.24 bits per heavy atom. The molecular formula is C18H22N4O2S. The molecule has 1 unspecified atom stereocenters. The minimum Gasteiger partial charge on any atom is -0.366 e. The van der Waals surface area contributed by atoms with Crippen LogP contribution in [0.2, 0.25) is 0 Å². The number of aryl methyl sites for hydroxylation is 1. The molecule has 0 aliphatic carbocycles. The molecule has 2 amide bonds. The molecule has 3 rings (SSSR count). The van der Waals surface area contributed by atoms with Crippen molar-refractivity contribution < 1.29 is 9.59 Å². The van der Waals surface area contributed by atoms with Gasteiger partial charge in [-0.2, -0.15) is 0 Å². The lowest BCUT2D eigenvalue weighted by Crippen LogP contribution is -2.47. The van der Waals surface area contributed by atoms with E-state index in [1.807, 2.05) is 30.5 Å². The van der Waals surface area contributed by atoms with Crippen molar-refractivity contribution in [3.63, 3.8) is 0 Å². The number of rotatable bonds is 5. The molecule has 1 aromatic carbocycles. The van der Waals surface area contributed by atoms with E-state index in [4.69, 9.17) is 5.73 Å². The van der Waals surface area contributed by atoms with Crippen molar-refractivity contribution in [3.05, 3.63) is 51.5 Å². The molecule has 6 nitrogen and oxygen atoms in total. The SMILES string of the molecule is CC(=O)NC1(c2nc(C)cs2)CCN(Cc2cccc(C(N)=O)c2)C1. The van der Waals surface area contributed by atoms with Crippen molar-refractivity contribution in [3.8, 4) is 0 Å². The Morgan fingerprint density at radius 1 is 1.44 bits per heavy atom. The van der Waals surface area contributed by atoms with Crippen LogP contribution in [0.4, 0.5) is 0 Å². The van der Waals surface area contributed by atoms with E-state index in [0.29, 0.717) is 18.7 Å². The zero-order valence-electron chi connectivity index (χ0n) is 14.4. The summed E-state index contributed by atoms with van der Waals surface area (Å²) in [6, 6.07) is 7.37. The van der Waals surface area contributed by atoms with Gasteiger partial charge in [-0.15, -0.1) is 11.3 Å². The first kappa shape index (κ1) is 17.6. The van der Waals surface area contributed by atoms with Crippen LogP contribution in [0.25, 0.3) is 0 Å². The highest BCUT2D eigenvalue weighted by atomic mass is 32.1. The van der Waals surface area contributed by atoms with E-state index in [9.17, 15) is 9.59 Å². The molecular weight excluding hydrogens is 336 g/mol. The Balaban J connectivity index is 1.79. The number of nitrogens with one attached hydrogen (secondary N) is 1. The van der Waals surface area contributed by atoms with E-state index < -0.39 is 11.4 Å². The number of carbonyl (C=O) groups excluding carboxylic acids is 2. The summed E-state index contributed by atoms with van der Waals surface area (Å²) < 4.78 is 0. The van der Waals surface area contributed by atoms with Crippen molar-refractivity contribution in [1.82, 2.24) is 15.2 Å². The minimum atomic E-state index is -0.438. The molecule has 0 bridgehead atoms. The Morgan fingerprint density at radius 3 is 2.88 bits per heavy atom. The Bertz CT molecular complexity index is 804. The van der Waals surface area contributed by atoms with Crippen LogP contribution < -0.4 is 11.1 Å². The minimum absolute atomic E-state index is 0.0505. The lowest BCUT2D eigenvalue weighted by Gasteiger charge is -2.28. The predicted molar refractivity (Wildman–Crippen MR) is 97.2 cm³/mol. The molecule has 0 radical (unpaired) electrons. The number of hydrogen-bond donors (Lipinski definition) is 2. The van der Waals surface area contributed by atoms with Gasteiger partial charge in [0.25, 0.3) is 0 Å². The summed E-state index contributed by atoms with van der Waals surface area (Å²) in [5.41, 5.74) is 7.44.